The average molecular weight is 483 g/mol. The number of anilines is 1. The molecule has 0 bridgehead atoms. The van der Waals surface area contributed by atoms with Crippen molar-refractivity contribution in [2.24, 2.45) is 0 Å². The Kier molecular flexibility index (Phi) is 6.06. The topological polar surface area (TPSA) is 73.0 Å². The van der Waals surface area contributed by atoms with Crippen LogP contribution in [0.3, 0.4) is 0 Å². The number of nitrogens with zero attached hydrogens (tertiary/aromatic N) is 3. The molecule has 1 N–H and O–H groups in total. The fraction of sp³-hybridized carbons (Fsp3) is 0.136. The van der Waals surface area contributed by atoms with Gasteiger partial charge in [0.2, 0.25) is 5.91 Å². The number of hydrogen-bond acceptors (Lipinski definition) is 5. The van der Waals surface area contributed by atoms with E-state index < -0.39 is 0 Å². The molecule has 4 rings (SSSR count). The maximum absolute atomic E-state index is 12.5. The molecule has 0 atom stereocenters. The minimum absolute atomic E-state index is 0.103. The first-order chi connectivity index (χ1) is 14.5. The zero-order valence-electron chi connectivity index (χ0n) is 16.4. The maximum atomic E-state index is 12.5. The summed E-state index contributed by atoms with van der Waals surface area (Å²) < 4.78 is 8.37. The first-order valence-corrected chi connectivity index (χ1v) is 11.0. The Morgan fingerprint density at radius 2 is 1.93 bits per heavy atom. The van der Waals surface area contributed by atoms with Gasteiger partial charge in [0.15, 0.2) is 11.0 Å². The Morgan fingerprint density at radius 1 is 1.13 bits per heavy atom. The van der Waals surface area contributed by atoms with Crippen LogP contribution in [0, 0.1) is 13.8 Å². The van der Waals surface area contributed by atoms with Gasteiger partial charge in [0.25, 0.3) is 0 Å². The normalized spacial score (nSPS) is 10.9. The molecule has 0 spiro atoms. The molecule has 1 amide bonds. The fourth-order valence-electron chi connectivity index (χ4n) is 3.05. The summed E-state index contributed by atoms with van der Waals surface area (Å²) in [4.78, 5) is 12.5. The molecule has 0 saturated heterocycles. The van der Waals surface area contributed by atoms with Gasteiger partial charge in [-0.05, 0) is 55.8 Å². The van der Waals surface area contributed by atoms with E-state index in [2.05, 4.69) is 31.4 Å². The third-order valence-corrected chi connectivity index (χ3v) is 5.96. The number of aryl methyl sites for hydroxylation is 2. The van der Waals surface area contributed by atoms with Crippen molar-refractivity contribution >= 4 is 39.3 Å². The van der Waals surface area contributed by atoms with Crippen LogP contribution in [-0.2, 0) is 4.79 Å². The summed E-state index contributed by atoms with van der Waals surface area (Å²) in [5, 5.41) is 12.3. The number of carbonyl (C=O) groups is 1. The number of nitrogens with one attached hydrogen (secondary N) is 1. The van der Waals surface area contributed by atoms with Crippen molar-refractivity contribution in [3.8, 4) is 17.1 Å². The van der Waals surface area contributed by atoms with Gasteiger partial charge in [0.05, 0.1) is 17.6 Å². The Bertz CT molecular complexity index is 1190. The van der Waals surface area contributed by atoms with Crippen LogP contribution in [0.4, 0.5) is 5.69 Å². The van der Waals surface area contributed by atoms with Crippen LogP contribution in [0.15, 0.2) is 74.9 Å². The number of halogens is 1. The lowest BCUT2D eigenvalue weighted by Gasteiger charge is -2.11. The van der Waals surface area contributed by atoms with E-state index in [9.17, 15) is 4.79 Å². The van der Waals surface area contributed by atoms with Gasteiger partial charge in [-0.2, -0.15) is 0 Å². The van der Waals surface area contributed by atoms with Gasteiger partial charge in [-0.3, -0.25) is 9.36 Å². The van der Waals surface area contributed by atoms with Gasteiger partial charge >= 0.3 is 0 Å². The quantitative estimate of drug-likeness (QED) is 0.360. The first kappa shape index (κ1) is 20.4. The van der Waals surface area contributed by atoms with E-state index in [0.29, 0.717) is 11.0 Å². The number of amides is 1. The van der Waals surface area contributed by atoms with Gasteiger partial charge < -0.3 is 9.73 Å². The second-order valence-electron chi connectivity index (χ2n) is 6.66. The zero-order chi connectivity index (χ0) is 21.1. The van der Waals surface area contributed by atoms with Gasteiger partial charge in [-0.25, -0.2) is 0 Å². The second-order valence-corrected chi connectivity index (χ2v) is 8.52. The second kappa shape index (κ2) is 8.89. The number of para-hydroxylation sites is 1. The molecule has 0 unspecified atom stereocenters. The largest absolute Gasteiger partial charge is 0.469 e. The number of rotatable bonds is 6. The van der Waals surface area contributed by atoms with E-state index >= 15 is 0 Å². The molecule has 2 heterocycles. The van der Waals surface area contributed by atoms with Crippen molar-refractivity contribution < 1.29 is 9.21 Å². The fourth-order valence-corrected chi connectivity index (χ4v) is 4.28. The molecule has 152 valence electrons. The van der Waals surface area contributed by atoms with Crippen LogP contribution in [0.5, 0.6) is 0 Å². The molecule has 30 heavy (non-hydrogen) atoms. The van der Waals surface area contributed by atoms with E-state index in [0.717, 1.165) is 32.7 Å². The molecule has 2 aromatic carbocycles. The third-order valence-electron chi connectivity index (χ3n) is 4.54. The van der Waals surface area contributed by atoms with Crippen molar-refractivity contribution in [1.82, 2.24) is 14.8 Å². The van der Waals surface area contributed by atoms with Crippen molar-refractivity contribution in [2.45, 2.75) is 19.0 Å². The highest BCUT2D eigenvalue weighted by molar-refractivity contribution is 9.10. The molecule has 0 aliphatic heterocycles. The van der Waals surface area contributed by atoms with E-state index in [1.54, 1.807) is 6.26 Å². The van der Waals surface area contributed by atoms with Gasteiger partial charge in [-0.1, -0.05) is 45.9 Å². The lowest BCUT2D eigenvalue weighted by atomic mass is 10.2. The monoisotopic (exact) mass is 482 g/mol. The summed E-state index contributed by atoms with van der Waals surface area (Å²) in [6.07, 6.45) is 1.63. The first-order valence-electron chi connectivity index (χ1n) is 9.27. The van der Waals surface area contributed by atoms with Gasteiger partial charge in [-0.15, -0.1) is 10.2 Å². The highest BCUT2D eigenvalue weighted by Gasteiger charge is 2.19. The van der Waals surface area contributed by atoms with Crippen molar-refractivity contribution in [3.63, 3.8) is 0 Å². The lowest BCUT2D eigenvalue weighted by molar-refractivity contribution is -0.113. The molecule has 0 aliphatic carbocycles. The molecule has 6 nitrogen and oxygen atoms in total. The van der Waals surface area contributed by atoms with Crippen molar-refractivity contribution in [2.75, 3.05) is 11.1 Å². The van der Waals surface area contributed by atoms with Crippen LogP contribution in [0.1, 0.15) is 11.3 Å². The lowest BCUT2D eigenvalue weighted by Crippen LogP contribution is -2.15. The highest BCUT2D eigenvalue weighted by Crippen LogP contribution is 2.30. The Hall–Kier alpha value is -2.84. The van der Waals surface area contributed by atoms with Crippen LogP contribution in [-0.4, -0.2) is 26.4 Å². The summed E-state index contributed by atoms with van der Waals surface area (Å²) in [7, 11) is 0. The molecule has 8 heteroatoms. The predicted octanol–water partition coefficient (Wildman–Crippen LogP) is 5.64. The smallest absolute Gasteiger partial charge is 0.234 e. The molecule has 0 saturated carbocycles. The molecular weight excluding hydrogens is 464 g/mol. The number of hydrogen-bond donors (Lipinski definition) is 1. The number of aromatic nitrogens is 3. The summed E-state index contributed by atoms with van der Waals surface area (Å²) in [6.45, 7) is 3.85. The highest BCUT2D eigenvalue weighted by atomic mass is 79.9. The van der Waals surface area contributed by atoms with E-state index in [4.69, 9.17) is 4.42 Å². The van der Waals surface area contributed by atoms with E-state index in [1.165, 1.54) is 11.8 Å². The minimum Gasteiger partial charge on any atom is -0.469 e. The maximum Gasteiger partial charge on any atom is 0.234 e. The van der Waals surface area contributed by atoms with Crippen LogP contribution >= 0.6 is 27.7 Å². The number of carbonyl (C=O) groups excluding carboxylic acids is 1. The molecule has 0 radical (unpaired) electrons. The average Bonchev–Trinajstić information content (AvgIpc) is 3.35. The summed E-state index contributed by atoms with van der Waals surface area (Å²) in [5.74, 6) is 1.55. The molecule has 0 fully saturated rings. The number of thioether (sulfide) groups is 1. The molecule has 0 aliphatic rings. The predicted molar refractivity (Wildman–Crippen MR) is 122 cm³/mol. The van der Waals surface area contributed by atoms with Gasteiger partial charge in [0.1, 0.15) is 5.76 Å². The Labute approximate surface area is 186 Å². The summed E-state index contributed by atoms with van der Waals surface area (Å²) >= 11 is 4.78. The number of benzene rings is 2. The Morgan fingerprint density at radius 3 is 2.63 bits per heavy atom. The van der Waals surface area contributed by atoms with Crippen LogP contribution in [0.25, 0.3) is 17.1 Å². The van der Waals surface area contributed by atoms with E-state index in [-0.39, 0.29) is 11.7 Å². The van der Waals surface area contributed by atoms with E-state index in [1.807, 2.05) is 73.0 Å². The molecule has 2 aromatic heterocycles. The number of furan rings is 1. The van der Waals surface area contributed by atoms with Gasteiger partial charge in [0, 0.05) is 15.8 Å². The minimum atomic E-state index is -0.103. The SMILES string of the molecule is Cc1cc(Br)ccc1NC(=O)CSc1nnc(-c2ccoc2C)n1-c1ccccc1. The van der Waals surface area contributed by atoms with Crippen LogP contribution in [0.2, 0.25) is 0 Å². The van der Waals surface area contributed by atoms with Crippen molar-refractivity contribution in [1.29, 1.82) is 0 Å². The summed E-state index contributed by atoms with van der Waals surface area (Å²) in [5.41, 5.74) is 3.58. The standard InChI is InChI=1S/C22H19BrN4O2S/c1-14-12-16(23)8-9-19(14)24-20(28)13-30-22-26-25-21(18-10-11-29-15(18)2)27(22)17-6-4-3-5-7-17/h3-12H,13H2,1-2H3,(H,24,28). The molecular formula is C22H19BrN4O2S. The zero-order valence-corrected chi connectivity index (χ0v) is 18.8. The third kappa shape index (κ3) is 4.34. The summed E-state index contributed by atoms with van der Waals surface area (Å²) in [6, 6.07) is 17.5. The van der Waals surface area contributed by atoms with Crippen LogP contribution < -0.4 is 5.32 Å². The molecule has 4 aromatic rings. The Balaban J connectivity index is 1.58. The van der Waals surface area contributed by atoms with Crippen molar-refractivity contribution in [3.05, 3.63) is 76.7 Å².